The molecule has 3 nitrogen and oxygen atoms in total. The number of hydrogen-bond acceptors (Lipinski definition) is 4. The molecule has 0 aliphatic carbocycles. The zero-order valence-corrected chi connectivity index (χ0v) is 8.12. The number of rotatable bonds is 2. The van der Waals surface area contributed by atoms with Crippen LogP contribution in [-0.4, -0.2) is 11.4 Å². The lowest BCUT2D eigenvalue weighted by molar-refractivity contribution is 1.50. The summed E-state index contributed by atoms with van der Waals surface area (Å²) >= 11 is 10.3. The number of isothiocyanates is 1. The third-order valence-corrected chi connectivity index (χ3v) is 1.99. The fourth-order valence-corrected chi connectivity index (χ4v) is 1.25. The van der Waals surface area contributed by atoms with E-state index in [2.05, 4.69) is 22.4 Å². The lowest BCUT2D eigenvalue weighted by atomic mass is 10.2. The lowest BCUT2D eigenvalue weighted by Gasteiger charge is -2.03. The summed E-state index contributed by atoms with van der Waals surface area (Å²) < 4.78 is 0. The number of hydrogen-bond donors (Lipinski definition) is 2. The zero-order chi connectivity index (χ0) is 9.84. The molecule has 0 bridgehead atoms. The summed E-state index contributed by atoms with van der Waals surface area (Å²) in [6, 6.07) is 3.25. The van der Waals surface area contributed by atoms with Crippen molar-refractivity contribution in [3.8, 4) is 0 Å². The van der Waals surface area contributed by atoms with Crippen molar-refractivity contribution in [3.63, 3.8) is 0 Å². The van der Waals surface area contributed by atoms with Crippen LogP contribution < -0.4 is 5.73 Å². The van der Waals surface area contributed by atoms with Gasteiger partial charge in [-0.05, 0) is 24.4 Å². The maximum Gasteiger partial charge on any atom is 0.0933 e. The van der Waals surface area contributed by atoms with Gasteiger partial charge in [-0.25, -0.2) is 0 Å². The second kappa shape index (κ2) is 4.14. The van der Waals surface area contributed by atoms with Gasteiger partial charge in [-0.1, -0.05) is 11.6 Å². The molecule has 0 atom stereocenters. The third-order valence-electron chi connectivity index (χ3n) is 1.50. The smallest absolute Gasteiger partial charge is 0.0933 e. The molecule has 1 aromatic carbocycles. The van der Waals surface area contributed by atoms with Crippen LogP contribution in [0.25, 0.3) is 0 Å². The molecule has 1 rings (SSSR count). The number of anilines is 1. The number of nitrogens with zero attached hydrogens (tertiary/aromatic N) is 1. The van der Waals surface area contributed by atoms with Crippen LogP contribution in [0.4, 0.5) is 11.4 Å². The Morgan fingerprint density at radius 2 is 2.31 bits per heavy atom. The minimum atomic E-state index is 0.326. The van der Waals surface area contributed by atoms with E-state index < -0.39 is 0 Å². The molecule has 13 heavy (non-hydrogen) atoms. The fraction of sp³-hybridized carbons (Fsp3) is 0. The summed E-state index contributed by atoms with van der Waals surface area (Å²) in [7, 11) is 0. The van der Waals surface area contributed by atoms with Crippen LogP contribution >= 0.6 is 23.8 Å². The summed E-state index contributed by atoms with van der Waals surface area (Å²) in [5.41, 5.74) is 6.95. The van der Waals surface area contributed by atoms with Gasteiger partial charge in [0.25, 0.3) is 0 Å². The average molecular weight is 212 g/mol. The van der Waals surface area contributed by atoms with Crippen molar-refractivity contribution in [2.45, 2.75) is 0 Å². The molecule has 0 aliphatic heterocycles. The molecule has 0 saturated carbocycles. The predicted octanol–water partition coefficient (Wildman–Crippen LogP) is 2.65. The van der Waals surface area contributed by atoms with Crippen LogP contribution in [-0.2, 0) is 0 Å². The molecule has 0 amide bonds. The molecule has 1 aromatic rings. The number of nitrogen functional groups attached to an aromatic ring is 1. The first kappa shape index (κ1) is 9.86. The van der Waals surface area contributed by atoms with Crippen LogP contribution in [0.15, 0.2) is 17.1 Å². The minimum Gasteiger partial charge on any atom is -0.398 e. The van der Waals surface area contributed by atoms with E-state index in [9.17, 15) is 0 Å². The monoisotopic (exact) mass is 211 g/mol. The van der Waals surface area contributed by atoms with Gasteiger partial charge in [0.05, 0.1) is 15.9 Å². The standard InChI is InChI=1S/C8H6ClN3S/c9-8-5(3-10)6(11)1-2-7(8)12-4-13/h1-3,10H,11H2. The summed E-state index contributed by atoms with van der Waals surface area (Å²) in [5.74, 6) is 0. The third kappa shape index (κ3) is 1.92. The largest absolute Gasteiger partial charge is 0.398 e. The Bertz CT molecular complexity index is 397. The number of thiocarbonyl (C=S) groups is 1. The van der Waals surface area contributed by atoms with E-state index in [0.29, 0.717) is 22.0 Å². The molecule has 0 saturated heterocycles. The van der Waals surface area contributed by atoms with E-state index in [-0.39, 0.29) is 0 Å². The Morgan fingerprint density at radius 3 is 2.85 bits per heavy atom. The normalized spacial score (nSPS) is 9.00. The Hall–Kier alpha value is -1.22. The van der Waals surface area contributed by atoms with E-state index in [0.717, 1.165) is 6.21 Å². The molecule has 66 valence electrons. The van der Waals surface area contributed by atoms with Gasteiger partial charge in [0.1, 0.15) is 0 Å². The highest BCUT2D eigenvalue weighted by molar-refractivity contribution is 7.78. The molecule has 0 spiro atoms. The van der Waals surface area contributed by atoms with Crippen LogP contribution in [0.2, 0.25) is 5.02 Å². The van der Waals surface area contributed by atoms with Gasteiger partial charge in [0.2, 0.25) is 0 Å². The van der Waals surface area contributed by atoms with Gasteiger partial charge in [0, 0.05) is 17.5 Å². The van der Waals surface area contributed by atoms with E-state index >= 15 is 0 Å². The molecule has 0 radical (unpaired) electrons. The maximum atomic E-state index is 7.08. The van der Waals surface area contributed by atoms with Gasteiger partial charge >= 0.3 is 0 Å². The summed E-state index contributed by atoms with van der Waals surface area (Å²) in [6.07, 6.45) is 1.08. The molecule has 0 fully saturated rings. The minimum absolute atomic E-state index is 0.326. The van der Waals surface area contributed by atoms with E-state index in [4.69, 9.17) is 22.7 Å². The number of halogens is 1. The van der Waals surface area contributed by atoms with Crippen molar-refractivity contribution in [3.05, 3.63) is 22.7 Å². The Kier molecular flexibility index (Phi) is 3.14. The molecular weight excluding hydrogens is 206 g/mol. The van der Waals surface area contributed by atoms with Crippen molar-refractivity contribution >= 4 is 46.6 Å². The topological polar surface area (TPSA) is 62.2 Å². The quantitative estimate of drug-likeness (QED) is 0.449. The van der Waals surface area contributed by atoms with Crippen molar-refractivity contribution in [1.82, 2.24) is 0 Å². The highest BCUT2D eigenvalue weighted by Crippen LogP contribution is 2.30. The van der Waals surface area contributed by atoms with Crippen LogP contribution in [0.5, 0.6) is 0 Å². The molecule has 5 heteroatoms. The van der Waals surface area contributed by atoms with Crippen LogP contribution in [0.1, 0.15) is 5.56 Å². The van der Waals surface area contributed by atoms with Crippen molar-refractivity contribution in [1.29, 1.82) is 5.41 Å². The van der Waals surface area contributed by atoms with Gasteiger partial charge in [-0.3, -0.25) is 0 Å². The summed E-state index contributed by atoms with van der Waals surface area (Å²) in [5, 5.41) is 9.61. The second-order valence-electron chi connectivity index (χ2n) is 2.25. The average Bonchev–Trinajstić information content (AvgIpc) is 2.11. The van der Waals surface area contributed by atoms with Gasteiger partial charge < -0.3 is 11.1 Å². The first-order valence-corrected chi connectivity index (χ1v) is 4.15. The highest BCUT2D eigenvalue weighted by Gasteiger charge is 2.06. The van der Waals surface area contributed by atoms with Crippen LogP contribution in [0.3, 0.4) is 0 Å². The van der Waals surface area contributed by atoms with E-state index in [1.807, 2.05) is 0 Å². The first-order valence-electron chi connectivity index (χ1n) is 3.37. The Balaban J connectivity index is 3.43. The molecule has 0 aromatic heterocycles. The number of benzene rings is 1. The SMILES string of the molecule is N=Cc1c(N)ccc(N=C=S)c1Cl. The molecule has 0 aliphatic rings. The molecule has 0 heterocycles. The van der Waals surface area contributed by atoms with Gasteiger partial charge in [-0.2, -0.15) is 4.99 Å². The maximum absolute atomic E-state index is 7.08. The van der Waals surface area contributed by atoms with Crippen molar-refractivity contribution in [2.24, 2.45) is 4.99 Å². The predicted molar refractivity (Wildman–Crippen MR) is 58.4 cm³/mol. The highest BCUT2D eigenvalue weighted by atomic mass is 35.5. The lowest BCUT2D eigenvalue weighted by Crippen LogP contribution is -1.93. The van der Waals surface area contributed by atoms with Crippen LogP contribution in [0, 0.1) is 5.41 Å². The number of aliphatic imine (C=N–C) groups is 1. The number of nitrogens with one attached hydrogen (secondary N) is 1. The van der Waals surface area contributed by atoms with Crippen molar-refractivity contribution in [2.75, 3.05) is 5.73 Å². The second-order valence-corrected chi connectivity index (χ2v) is 2.81. The molecule has 0 unspecified atom stereocenters. The Labute approximate surface area is 85.7 Å². The van der Waals surface area contributed by atoms with Gasteiger partial charge in [-0.15, -0.1) is 0 Å². The summed E-state index contributed by atoms with van der Waals surface area (Å²) in [4.78, 5) is 3.73. The van der Waals surface area contributed by atoms with Crippen molar-refractivity contribution < 1.29 is 0 Å². The van der Waals surface area contributed by atoms with Gasteiger partial charge in [0.15, 0.2) is 0 Å². The van der Waals surface area contributed by atoms with E-state index in [1.165, 1.54) is 0 Å². The van der Waals surface area contributed by atoms with E-state index in [1.54, 1.807) is 12.1 Å². The number of nitrogens with two attached hydrogens (primary N) is 1. The zero-order valence-electron chi connectivity index (χ0n) is 6.54. The fourth-order valence-electron chi connectivity index (χ4n) is 0.879. The molecular formula is C8H6ClN3S. The first-order chi connectivity index (χ1) is 6.20. The Morgan fingerprint density at radius 1 is 1.62 bits per heavy atom. The summed E-state index contributed by atoms with van der Waals surface area (Å²) in [6.45, 7) is 0. The molecule has 3 N–H and O–H groups in total.